The second kappa shape index (κ2) is 12.4. The standard InChI is InChI=1S/C32H37FN6O4/c1-32(2)7-5-26(43-32)19-35-31(41)23-3-4-27(33)24(15-23)16-29(40)28-20-34-30-17-22(6-8-39(28)30)25-18-36-38(21-25)10-9-37-11-13-42-14-12-37/h3-4,6,8,15,17-18,20-21,26H,5,7,9-14,16,19H2,1-2H3,(H,35,41). The Kier molecular flexibility index (Phi) is 8.38. The van der Waals surface area contributed by atoms with Gasteiger partial charge in [0.05, 0.1) is 43.9 Å². The van der Waals surface area contributed by atoms with Gasteiger partial charge in [-0.3, -0.25) is 23.6 Å². The molecule has 4 aromatic rings. The highest BCUT2D eigenvalue weighted by molar-refractivity contribution is 5.98. The maximum absolute atomic E-state index is 14.7. The minimum absolute atomic E-state index is 0.0485. The molecule has 2 aliphatic heterocycles. The van der Waals surface area contributed by atoms with E-state index in [0.29, 0.717) is 23.4 Å². The third kappa shape index (κ3) is 6.84. The summed E-state index contributed by atoms with van der Waals surface area (Å²) in [6.45, 7) is 9.57. The highest BCUT2D eigenvalue weighted by Crippen LogP contribution is 2.29. The lowest BCUT2D eigenvalue weighted by Crippen LogP contribution is -2.38. The van der Waals surface area contributed by atoms with Crippen molar-refractivity contribution in [2.24, 2.45) is 0 Å². The van der Waals surface area contributed by atoms with Crippen molar-refractivity contribution in [3.63, 3.8) is 0 Å². The number of halogens is 1. The molecule has 0 radical (unpaired) electrons. The summed E-state index contributed by atoms with van der Waals surface area (Å²) in [6, 6.07) is 7.92. The minimum Gasteiger partial charge on any atom is -0.379 e. The average molecular weight is 589 g/mol. The van der Waals surface area contributed by atoms with Gasteiger partial charge in [-0.2, -0.15) is 5.10 Å². The van der Waals surface area contributed by atoms with Gasteiger partial charge in [0.15, 0.2) is 5.78 Å². The first-order chi connectivity index (χ1) is 20.7. The van der Waals surface area contributed by atoms with Crippen molar-refractivity contribution < 1.29 is 23.5 Å². The third-order valence-electron chi connectivity index (χ3n) is 8.22. The zero-order valence-electron chi connectivity index (χ0n) is 24.6. The molecule has 1 unspecified atom stereocenters. The minimum atomic E-state index is -0.535. The number of carbonyl (C=O) groups is 2. The molecule has 2 fully saturated rings. The van der Waals surface area contributed by atoms with Crippen molar-refractivity contribution in [3.05, 3.63) is 77.8 Å². The quantitative estimate of drug-likeness (QED) is 0.281. The molecule has 0 saturated carbocycles. The van der Waals surface area contributed by atoms with Crippen LogP contribution in [0.5, 0.6) is 0 Å². The highest BCUT2D eigenvalue weighted by Gasteiger charge is 2.31. The smallest absolute Gasteiger partial charge is 0.251 e. The van der Waals surface area contributed by atoms with E-state index in [1.807, 2.05) is 43.1 Å². The number of imidazole rings is 1. The summed E-state index contributed by atoms with van der Waals surface area (Å²) >= 11 is 0. The first-order valence-electron chi connectivity index (χ1n) is 14.8. The van der Waals surface area contributed by atoms with Gasteiger partial charge in [0.1, 0.15) is 17.2 Å². The maximum Gasteiger partial charge on any atom is 0.251 e. The van der Waals surface area contributed by atoms with Gasteiger partial charge >= 0.3 is 0 Å². The van der Waals surface area contributed by atoms with Gasteiger partial charge in [0, 0.05) is 56.1 Å². The topological polar surface area (TPSA) is 103 Å². The number of nitrogens with zero attached hydrogens (tertiary/aromatic N) is 5. The van der Waals surface area contributed by atoms with E-state index >= 15 is 0 Å². The molecule has 1 atom stereocenters. The SMILES string of the molecule is CC1(C)CCC(CNC(=O)c2ccc(F)c(CC(=O)c3cnc4cc(-c5cnn(CCN6CCOCC6)c5)ccn34)c2)O1. The van der Waals surface area contributed by atoms with Crippen molar-refractivity contribution >= 4 is 17.3 Å². The van der Waals surface area contributed by atoms with Gasteiger partial charge in [0.2, 0.25) is 0 Å². The monoisotopic (exact) mass is 588 g/mol. The highest BCUT2D eigenvalue weighted by atomic mass is 19.1. The second-order valence-corrected chi connectivity index (χ2v) is 11.9. The number of ether oxygens (including phenoxy) is 2. The third-order valence-corrected chi connectivity index (χ3v) is 8.22. The predicted octanol–water partition coefficient (Wildman–Crippen LogP) is 3.78. The van der Waals surface area contributed by atoms with Crippen LogP contribution >= 0.6 is 0 Å². The predicted molar refractivity (Wildman–Crippen MR) is 159 cm³/mol. The molecule has 11 heteroatoms. The summed E-state index contributed by atoms with van der Waals surface area (Å²) in [5.41, 5.74) is 3.12. The number of rotatable bonds is 10. The molecule has 226 valence electrons. The molecular formula is C32H37FN6O4. The number of amides is 1. The van der Waals surface area contributed by atoms with Crippen LogP contribution in [0.25, 0.3) is 16.8 Å². The number of pyridine rings is 1. The van der Waals surface area contributed by atoms with Crippen molar-refractivity contribution in [1.82, 2.24) is 29.4 Å². The summed E-state index contributed by atoms with van der Waals surface area (Å²) in [7, 11) is 0. The Hall–Kier alpha value is -3.93. The van der Waals surface area contributed by atoms with Crippen molar-refractivity contribution in [3.8, 4) is 11.1 Å². The number of morpholine rings is 1. The molecular weight excluding hydrogens is 551 g/mol. The molecule has 5 heterocycles. The Morgan fingerprint density at radius 2 is 1.93 bits per heavy atom. The molecule has 1 N–H and O–H groups in total. The van der Waals surface area contributed by atoms with Crippen LogP contribution in [-0.4, -0.2) is 86.9 Å². The molecule has 10 nitrogen and oxygen atoms in total. The molecule has 0 aliphatic carbocycles. The molecule has 2 saturated heterocycles. The molecule has 3 aromatic heterocycles. The van der Waals surface area contributed by atoms with Crippen LogP contribution in [-0.2, 0) is 22.4 Å². The van der Waals surface area contributed by atoms with Crippen molar-refractivity contribution in [2.75, 3.05) is 39.4 Å². The van der Waals surface area contributed by atoms with Gasteiger partial charge in [0.25, 0.3) is 5.91 Å². The summed E-state index contributed by atoms with van der Waals surface area (Å²) < 4.78 is 29.7. The number of carbonyl (C=O) groups excluding carboxylic acids is 2. The normalized spacial score (nSPS) is 18.7. The molecule has 2 aliphatic rings. The number of nitrogens with one attached hydrogen (secondary N) is 1. The molecule has 0 spiro atoms. The Bertz CT molecular complexity index is 1620. The molecule has 1 amide bonds. The maximum atomic E-state index is 14.7. The van der Waals surface area contributed by atoms with Gasteiger partial charge in [-0.15, -0.1) is 0 Å². The molecule has 0 bridgehead atoms. The van der Waals surface area contributed by atoms with Crippen LogP contribution in [0.3, 0.4) is 0 Å². The van der Waals surface area contributed by atoms with E-state index in [1.54, 1.807) is 10.6 Å². The fraction of sp³-hybridized carbons (Fsp3) is 0.438. The number of hydrogen-bond donors (Lipinski definition) is 1. The van der Waals surface area contributed by atoms with Crippen LogP contribution in [0.15, 0.2) is 55.1 Å². The Morgan fingerprint density at radius 1 is 1.09 bits per heavy atom. The van der Waals surface area contributed by atoms with Gasteiger partial charge in [-0.25, -0.2) is 9.37 Å². The average Bonchev–Trinajstić information content (AvgIpc) is 3.74. The zero-order chi connectivity index (χ0) is 30.0. The van der Waals surface area contributed by atoms with E-state index in [-0.39, 0.29) is 35.4 Å². The Labute approximate surface area is 249 Å². The van der Waals surface area contributed by atoms with Crippen molar-refractivity contribution in [1.29, 1.82) is 0 Å². The number of fused-ring (bicyclic) bond motifs is 1. The first-order valence-corrected chi connectivity index (χ1v) is 14.8. The van der Waals surface area contributed by atoms with E-state index in [0.717, 1.165) is 63.4 Å². The number of hydrogen-bond acceptors (Lipinski definition) is 7. The van der Waals surface area contributed by atoms with E-state index in [9.17, 15) is 14.0 Å². The van der Waals surface area contributed by atoms with Crippen LogP contribution < -0.4 is 5.32 Å². The number of ketones is 1. The van der Waals surface area contributed by atoms with Crippen LogP contribution in [0, 0.1) is 5.82 Å². The second-order valence-electron chi connectivity index (χ2n) is 11.9. The molecule has 43 heavy (non-hydrogen) atoms. The van der Waals surface area contributed by atoms with E-state index in [2.05, 4.69) is 20.3 Å². The summed E-state index contributed by atoms with van der Waals surface area (Å²) in [5, 5.41) is 7.38. The summed E-state index contributed by atoms with van der Waals surface area (Å²) in [4.78, 5) is 32.9. The van der Waals surface area contributed by atoms with E-state index < -0.39 is 5.82 Å². The lowest BCUT2D eigenvalue weighted by atomic mass is 10.0. The Morgan fingerprint density at radius 3 is 2.72 bits per heavy atom. The number of Topliss-reactive ketones (excluding diaryl/α,β-unsaturated/α-hetero) is 1. The molecule has 6 rings (SSSR count). The first kappa shape index (κ1) is 29.2. The van der Waals surface area contributed by atoms with E-state index in [1.165, 1.54) is 24.4 Å². The van der Waals surface area contributed by atoms with E-state index in [4.69, 9.17) is 9.47 Å². The van der Waals surface area contributed by atoms with Gasteiger partial charge in [-0.05, 0) is 68.1 Å². The summed E-state index contributed by atoms with van der Waals surface area (Å²) in [5.74, 6) is -1.16. The van der Waals surface area contributed by atoms with Crippen LogP contribution in [0.4, 0.5) is 4.39 Å². The lowest BCUT2D eigenvalue weighted by molar-refractivity contribution is -0.0138. The largest absolute Gasteiger partial charge is 0.379 e. The van der Waals surface area contributed by atoms with Crippen molar-refractivity contribution in [2.45, 2.75) is 51.4 Å². The fourth-order valence-corrected chi connectivity index (χ4v) is 5.72. The lowest BCUT2D eigenvalue weighted by Gasteiger charge is -2.26. The number of aromatic nitrogens is 4. The molecule has 1 aromatic carbocycles. The van der Waals surface area contributed by atoms with Crippen LogP contribution in [0.1, 0.15) is 53.1 Å². The zero-order valence-corrected chi connectivity index (χ0v) is 24.6. The summed E-state index contributed by atoms with van der Waals surface area (Å²) in [6.07, 6.45) is 8.69. The van der Waals surface area contributed by atoms with Crippen LogP contribution in [0.2, 0.25) is 0 Å². The fourth-order valence-electron chi connectivity index (χ4n) is 5.72. The number of benzene rings is 1. The van der Waals surface area contributed by atoms with Gasteiger partial charge < -0.3 is 14.8 Å². The Balaban J connectivity index is 1.10. The van der Waals surface area contributed by atoms with Gasteiger partial charge in [-0.1, -0.05) is 0 Å².